The van der Waals surface area contributed by atoms with Gasteiger partial charge >= 0.3 is 0 Å². The largest absolute Gasteiger partial charge is 0.384 e. The molecule has 7 heteroatoms. The van der Waals surface area contributed by atoms with E-state index < -0.39 is 23.4 Å². The first-order valence-corrected chi connectivity index (χ1v) is 4.84. The van der Waals surface area contributed by atoms with Gasteiger partial charge in [-0.05, 0) is 0 Å². The molecule has 0 aliphatic carbocycles. The first kappa shape index (κ1) is 12.4. The molecule has 0 saturated carbocycles. The number of methoxy groups -OCH3 is 1. The lowest BCUT2D eigenvalue weighted by molar-refractivity contribution is -0.132. The zero-order valence-electron chi connectivity index (χ0n) is 9.27. The quantitative estimate of drug-likeness (QED) is 0.503. The number of rotatable bonds is 5. The molecule has 5 N–H and O–H groups in total. The molecular formula is C9H16N4O3. The lowest BCUT2D eigenvalue weighted by atomic mass is 9.79. The summed E-state index contributed by atoms with van der Waals surface area (Å²) >= 11 is 0. The van der Waals surface area contributed by atoms with Crippen molar-refractivity contribution < 1.29 is 14.3 Å². The Morgan fingerprint density at radius 1 is 1.62 bits per heavy atom. The summed E-state index contributed by atoms with van der Waals surface area (Å²) in [7, 11) is 1.50. The van der Waals surface area contributed by atoms with E-state index in [2.05, 4.69) is 10.3 Å². The Morgan fingerprint density at radius 2 is 2.25 bits per heavy atom. The Bertz CT molecular complexity index is 331. The van der Waals surface area contributed by atoms with Gasteiger partial charge in [-0.3, -0.25) is 14.6 Å². The van der Waals surface area contributed by atoms with Crippen LogP contribution in [0.15, 0.2) is 4.99 Å². The van der Waals surface area contributed by atoms with Crippen LogP contribution in [0, 0.1) is 5.92 Å². The number of nitrogens with zero attached hydrogens (tertiary/aromatic N) is 1. The molecule has 3 atom stereocenters. The number of carbonyl (C=O) groups excluding carboxylic acids is 2. The predicted octanol–water partition coefficient (Wildman–Crippen LogP) is -2.02. The van der Waals surface area contributed by atoms with Gasteiger partial charge in [0.15, 0.2) is 11.6 Å². The van der Waals surface area contributed by atoms with Crippen molar-refractivity contribution >= 4 is 18.2 Å². The van der Waals surface area contributed by atoms with Crippen molar-refractivity contribution in [2.24, 2.45) is 22.4 Å². The Hall–Kier alpha value is -1.63. The average Bonchev–Trinajstić information content (AvgIpc) is 2.62. The number of hydrogen-bond acceptors (Lipinski definition) is 5. The van der Waals surface area contributed by atoms with Crippen molar-refractivity contribution in [1.29, 1.82) is 0 Å². The van der Waals surface area contributed by atoms with Gasteiger partial charge in [0.1, 0.15) is 0 Å². The summed E-state index contributed by atoms with van der Waals surface area (Å²) in [6.45, 7) is 2.01. The van der Waals surface area contributed by atoms with E-state index in [9.17, 15) is 9.59 Å². The van der Waals surface area contributed by atoms with E-state index in [-0.39, 0.29) is 12.5 Å². The van der Waals surface area contributed by atoms with Gasteiger partial charge in [-0.1, -0.05) is 6.92 Å². The molecule has 1 heterocycles. The molecule has 7 nitrogen and oxygen atoms in total. The number of nitrogens with one attached hydrogen (secondary N) is 1. The third-order valence-corrected chi connectivity index (χ3v) is 2.83. The van der Waals surface area contributed by atoms with E-state index in [1.54, 1.807) is 6.92 Å². The number of carbonyl (C=O) groups is 2. The van der Waals surface area contributed by atoms with Crippen LogP contribution in [0.5, 0.6) is 0 Å². The molecule has 16 heavy (non-hydrogen) atoms. The van der Waals surface area contributed by atoms with Gasteiger partial charge in [0.2, 0.25) is 11.8 Å². The lowest BCUT2D eigenvalue weighted by Gasteiger charge is -2.35. The molecule has 90 valence electrons. The summed E-state index contributed by atoms with van der Waals surface area (Å²) < 4.78 is 4.96. The van der Waals surface area contributed by atoms with Gasteiger partial charge in [0.25, 0.3) is 0 Å². The molecule has 0 aromatic carbocycles. The molecule has 1 rings (SSSR count). The van der Waals surface area contributed by atoms with Crippen molar-refractivity contribution in [3.63, 3.8) is 0 Å². The number of ether oxygens (including phenoxy) is 1. The molecule has 0 radical (unpaired) electrons. The maximum Gasteiger partial charge on any atom is 0.246 e. The first-order chi connectivity index (χ1) is 7.46. The van der Waals surface area contributed by atoms with Crippen LogP contribution in [-0.2, 0) is 14.3 Å². The summed E-state index contributed by atoms with van der Waals surface area (Å²) in [4.78, 5) is 26.7. The molecule has 0 spiro atoms. The van der Waals surface area contributed by atoms with Gasteiger partial charge in [0.05, 0.1) is 12.9 Å². The molecule has 1 aliphatic heterocycles. The number of aliphatic imine (C=N–C) groups is 1. The number of amides is 2. The maximum atomic E-state index is 11.6. The molecule has 2 amide bonds. The van der Waals surface area contributed by atoms with Crippen LogP contribution in [0.3, 0.4) is 0 Å². The van der Waals surface area contributed by atoms with Crippen molar-refractivity contribution in [3.8, 4) is 0 Å². The smallest absolute Gasteiger partial charge is 0.246 e. The lowest BCUT2D eigenvalue weighted by Crippen LogP contribution is -2.66. The van der Waals surface area contributed by atoms with Gasteiger partial charge in [0, 0.05) is 13.0 Å². The standard InChI is InChI=1S/C9H16N4O3/c1-5(3-16-2)9(8(11)15)6(7(10)14)12-4-13-9/h4-6H,3H2,1-2H3,(H2,10,14)(H2,11,15)(H,12,13)/t5-,6?,9?/m0/s1. The van der Waals surface area contributed by atoms with Crippen LogP contribution >= 0.6 is 0 Å². The minimum atomic E-state index is -1.29. The third-order valence-electron chi connectivity index (χ3n) is 2.83. The van der Waals surface area contributed by atoms with Crippen LogP contribution in [0.1, 0.15) is 6.92 Å². The number of primary amides is 2. The SMILES string of the molecule is COC[C@H](C)C1(C(N)=O)NC=NC1C(N)=O. The van der Waals surface area contributed by atoms with E-state index in [0.717, 1.165) is 0 Å². The van der Waals surface area contributed by atoms with Crippen molar-refractivity contribution in [3.05, 3.63) is 0 Å². The average molecular weight is 228 g/mol. The maximum absolute atomic E-state index is 11.6. The fraction of sp³-hybridized carbons (Fsp3) is 0.667. The monoisotopic (exact) mass is 228 g/mol. The summed E-state index contributed by atoms with van der Waals surface area (Å²) in [5, 5.41) is 2.74. The minimum Gasteiger partial charge on any atom is -0.384 e. The van der Waals surface area contributed by atoms with E-state index in [0.29, 0.717) is 0 Å². The molecule has 1 aliphatic rings. The van der Waals surface area contributed by atoms with Gasteiger partial charge in [-0.25, -0.2) is 0 Å². The van der Waals surface area contributed by atoms with E-state index in [1.165, 1.54) is 13.4 Å². The molecule has 0 aromatic heterocycles. The van der Waals surface area contributed by atoms with Gasteiger partial charge in [-0.15, -0.1) is 0 Å². The fourth-order valence-electron chi connectivity index (χ4n) is 1.95. The second-order valence-electron chi connectivity index (χ2n) is 3.82. The van der Waals surface area contributed by atoms with Crippen LogP contribution < -0.4 is 16.8 Å². The van der Waals surface area contributed by atoms with Gasteiger partial charge in [-0.2, -0.15) is 0 Å². The molecular weight excluding hydrogens is 212 g/mol. The van der Waals surface area contributed by atoms with Gasteiger partial charge < -0.3 is 21.5 Å². The topological polar surface area (TPSA) is 120 Å². The highest BCUT2D eigenvalue weighted by Gasteiger charge is 2.53. The highest BCUT2D eigenvalue weighted by atomic mass is 16.5. The van der Waals surface area contributed by atoms with E-state index in [1.807, 2.05) is 0 Å². The second kappa shape index (κ2) is 4.48. The number of hydrogen-bond donors (Lipinski definition) is 3. The first-order valence-electron chi connectivity index (χ1n) is 4.84. The number of nitrogens with two attached hydrogens (primary N) is 2. The molecule has 0 saturated heterocycles. The Morgan fingerprint density at radius 3 is 2.69 bits per heavy atom. The zero-order valence-corrected chi connectivity index (χ0v) is 9.27. The summed E-state index contributed by atoms with van der Waals surface area (Å²) in [6.07, 6.45) is 1.28. The third kappa shape index (κ3) is 1.73. The van der Waals surface area contributed by atoms with Crippen LogP contribution in [0.25, 0.3) is 0 Å². The predicted molar refractivity (Wildman–Crippen MR) is 57.6 cm³/mol. The molecule has 0 bridgehead atoms. The van der Waals surface area contributed by atoms with Crippen LogP contribution in [0.2, 0.25) is 0 Å². The van der Waals surface area contributed by atoms with Crippen molar-refractivity contribution in [2.45, 2.75) is 18.5 Å². The van der Waals surface area contributed by atoms with Crippen LogP contribution in [0.4, 0.5) is 0 Å². The van der Waals surface area contributed by atoms with Crippen molar-refractivity contribution in [2.75, 3.05) is 13.7 Å². The second-order valence-corrected chi connectivity index (χ2v) is 3.82. The normalized spacial score (nSPS) is 29.8. The fourth-order valence-corrected chi connectivity index (χ4v) is 1.95. The Kier molecular flexibility index (Phi) is 3.48. The van der Waals surface area contributed by atoms with Crippen molar-refractivity contribution in [1.82, 2.24) is 5.32 Å². The highest BCUT2D eigenvalue weighted by molar-refractivity contribution is 5.99. The molecule has 2 unspecified atom stereocenters. The summed E-state index contributed by atoms with van der Waals surface area (Å²) in [6, 6.07) is -0.991. The minimum absolute atomic E-state index is 0.267. The van der Waals surface area contributed by atoms with E-state index in [4.69, 9.17) is 16.2 Å². The molecule has 0 aromatic rings. The molecule has 0 fully saturated rings. The highest BCUT2D eigenvalue weighted by Crippen LogP contribution is 2.27. The summed E-state index contributed by atoms with van der Waals surface area (Å²) in [5.74, 6) is -1.68. The summed E-state index contributed by atoms with van der Waals surface area (Å²) in [5.41, 5.74) is 9.26. The zero-order chi connectivity index (χ0) is 12.3. The Labute approximate surface area is 93.2 Å². The Balaban J connectivity index is 3.06. The van der Waals surface area contributed by atoms with E-state index >= 15 is 0 Å². The van der Waals surface area contributed by atoms with Crippen LogP contribution in [-0.4, -0.2) is 43.5 Å².